The van der Waals surface area contributed by atoms with Crippen LogP contribution in [-0.4, -0.2) is 36.9 Å². The highest BCUT2D eigenvalue weighted by Crippen LogP contribution is 2.21. The number of ether oxygens (including phenoxy) is 1. The Morgan fingerprint density at radius 1 is 1.29 bits per heavy atom. The fourth-order valence-electron chi connectivity index (χ4n) is 1.49. The third-order valence-electron chi connectivity index (χ3n) is 2.49. The van der Waals surface area contributed by atoms with E-state index in [-0.39, 0.29) is 23.2 Å². The first-order valence-electron chi connectivity index (χ1n) is 6.24. The van der Waals surface area contributed by atoms with Crippen LogP contribution in [0.3, 0.4) is 0 Å². The van der Waals surface area contributed by atoms with E-state index in [1.54, 1.807) is 0 Å². The van der Waals surface area contributed by atoms with Gasteiger partial charge >= 0.3 is 0 Å². The number of nitrogens with one attached hydrogen (secondary N) is 1. The monoisotopic (exact) mass is 329 g/mol. The fourth-order valence-corrected chi connectivity index (χ4v) is 3.40. The highest BCUT2D eigenvalue weighted by atomic mass is 32.2. The average Bonchev–Trinajstić information content (AvgIpc) is 2.92. The molecule has 2 rings (SSSR count). The molecule has 7 nitrogen and oxygen atoms in total. The van der Waals surface area contributed by atoms with Gasteiger partial charge in [-0.2, -0.15) is 0 Å². The van der Waals surface area contributed by atoms with Crippen LogP contribution in [-0.2, 0) is 16.4 Å². The van der Waals surface area contributed by atoms with Gasteiger partial charge in [0.1, 0.15) is 17.4 Å². The largest absolute Gasteiger partial charge is 0.491 e. The molecule has 1 aromatic carbocycles. The van der Waals surface area contributed by atoms with E-state index in [2.05, 4.69) is 14.9 Å². The number of benzene rings is 1. The summed E-state index contributed by atoms with van der Waals surface area (Å²) < 4.78 is 31.9. The van der Waals surface area contributed by atoms with Gasteiger partial charge in [-0.25, -0.2) is 8.42 Å². The lowest BCUT2D eigenvalue weighted by Crippen LogP contribution is -2.12. The fraction of sp³-hybridized carbons (Fsp3) is 0.333. The van der Waals surface area contributed by atoms with Crippen molar-refractivity contribution in [3.8, 4) is 5.75 Å². The van der Waals surface area contributed by atoms with Crippen LogP contribution in [0.5, 0.6) is 5.75 Å². The molecule has 0 atom stereocenters. The molecule has 0 saturated carbocycles. The van der Waals surface area contributed by atoms with Crippen LogP contribution in [0.2, 0.25) is 0 Å². The van der Waals surface area contributed by atoms with Crippen LogP contribution in [0.25, 0.3) is 0 Å². The third kappa shape index (κ3) is 4.13. The molecule has 114 valence electrons. The smallest absolute Gasteiger partial charge is 0.263 e. The number of nitrogens with zero attached hydrogens (tertiary/aromatic N) is 2. The van der Waals surface area contributed by atoms with Crippen molar-refractivity contribution in [2.75, 3.05) is 17.9 Å². The van der Waals surface area contributed by atoms with E-state index in [1.165, 1.54) is 35.6 Å². The summed E-state index contributed by atoms with van der Waals surface area (Å²) in [7, 11) is -3.69. The molecule has 1 heterocycles. The number of anilines is 1. The Labute approximate surface area is 126 Å². The molecule has 0 unspecified atom stereocenters. The number of sulfonamides is 1. The zero-order valence-corrected chi connectivity index (χ0v) is 12.9. The summed E-state index contributed by atoms with van der Waals surface area (Å²) in [6.07, 6.45) is 0.705. The maximum atomic E-state index is 12.2. The normalized spacial score (nSPS) is 11.3. The van der Waals surface area contributed by atoms with E-state index in [4.69, 9.17) is 9.84 Å². The Morgan fingerprint density at radius 3 is 2.57 bits per heavy atom. The van der Waals surface area contributed by atoms with Gasteiger partial charge in [0.15, 0.2) is 0 Å². The quantitative estimate of drug-likeness (QED) is 0.793. The second kappa shape index (κ2) is 6.83. The summed E-state index contributed by atoms with van der Waals surface area (Å²) in [6, 6.07) is 5.91. The zero-order chi connectivity index (χ0) is 15.3. The third-order valence-corrected chi connectivity index (χ3v) is 4.95. The molecule has 0 saturated heterocycles. The lowest BCUT2D eigenvalue weighted by atomic mass is 10.3. The zero-order valence-electron chi connectivity index (χ0n) is 11.3. The Hall–Kier alpha value is -1.71. The Balaban J connectivity index is 2.11. The van der Waals surface area contributed by atoms with Gasteiger partial charge < -0.3 is 9.84 Å². The summed E-state index contributed by atoms with van der Waals surface area (Å²) >= 11 is 1.20. The van der Waals surface area contributed by atoms with E-state index < -0.39 is 10.0 Å². The summed E-state index contributed by atoms with van der Waals surface area (Å²) in [6.45, 7) is 1.98. The highest BCUT2D eigenvalue weighted by Gasteiger charge is 2.16. The molecule has 0 bridgehead atoms. The summed E-state index contributed by atoms with van der Waals surface area (Å²) in [5, 5.41) is 17.3. The van der Waals surface area contributed by atoms with Crippen LogP contribution >= 0.6 is 11.3 Å². The number of aromatic nitrogens is 2. The molecule has 21 heavy (non-hydrogen) atoms. The summed E-state index contributed by atoms with van der Waals surface area (Å²) in [4.78, 5) is 0.104. The second-order valence-corrected chi connectivity index (χ2v) is 6.75. The van der Waals surface area contributed by atoms with Gasteiger partial charge in [-0.15, -0.1) is 10.2 Å². The van der Waals surface area contributed by atoms with Gasteiger partial charge in [-0.1, -0.05) is 18.3 Å². The van der Waals surface area contributed by atoms with Crippen molar-refractivity contribution in [3.05, 3.63) is 29.3 Å². The van der Waals surface area contributed by atoms with Crippen molar-refractivity contribution < 1.29 is 18.3 Å². The minimum Gasteiger partial charge on any atom is -0.491 e. The molecule has 9 heteroatoms. The predicted octanol–water partition coefficient (Wildman–Crippen LogP) is 1.27. The molecule has 0 aliphatic rings. The van der Waals surface area contributed by atoms with Gasteiger partial charge in [0, 0.05) is 0 Å². The standard InChI is InChI=1S/C12H15N3O4S2/c1-2-11-13-14-12(20-11)15-21(17,18)10-5-3-9(4-6-10)19-8-7-16/h3-6,16H,2,7-8H2,1H3,(H,14,15). The molecular formula is C12H15N3O4S2. The van der Waals surface area contributed by atoms with Crippen LogP contribution < -0.4 is 9.46 Å². The topological polar surface area (TPSA) is 101 Å². The maximum absolute atomic E-state index is 12.2. The number of aliphatic hydroxyl groups excluding tert-OH is 1. The van der Waals surface area contributed by atoms with Crippen molar-refractivity contribution in [2.24, 2.45) is 0 Å². The number of hydrogen-bond acceptors (Lipinski definition) is 7. The van der Waals surface area contributed by atoms with Gasteiger partial charge in [-0.3, -0.25) is 4.72 Å². The van der Waals surface area contributed by atoms with Crippen molar-refractivity contribution in [1.29, 1.82) is 0 Å². The van der Waals surface area contributed by atoms with Gasteiger partial charge in [0.25, 0.3) is 10.0 Å². The molecule has 0 fully saturated rings. The van der Waals surface area contributed by atoms with Crippen LogP contribution in [0.1, 0.15) is 11.9 Å². The van der Waals surface area contributed by atoms with Gasteiger partial charge in [0.05, 0.1) is 11.5 Å². The number of rotatable bonds is 7. The number of aryl methyl sites for hydroxylation is 1. The highest BCUT2D eigenvalue weighted by molar-refractivity contribution is 7.93. The van der Waals surface area contributed by atoms with Crippen molar-refractivity contribution in [2.45, 2.75) is 18.2 Å². The van der Waals surface area contributed by atoms with E-state index in [1.807, 2.05) is 6.92 Å². The molecule has 0 spiro atoms. The Bertz CT molecular complexity index is 683. The molecule has 0 amide bonds. The van der Waals surface area contributed by atoms with E-state index >= 15 is 0 Å². The lowest BCUT2D eigenvalue weighted by molar-refractivity contribution is 0.201. The van der Waals surface area contributed by atoms with Crippen LogP contribution in [0.4, 0.5) is 5.13 Å². The van der Waals surface area contributed by atoms with Crippen LogP contribution in [0, 0.1) is 0 Å². The van der Waals surface area contributed by atoms with Crippen molar-refractivity contribution >= 4 is 26.5 Å². The summed E-state index contributed by atoms with van der Waals surface area (Å²) in [5.74, 6) is 0.493. The molecule has 2 aromatic rings. The SMILES string of the molecule is CCc1nnc(NS(=O)(=O)c2ccc(OCCO)cc2)s1. The number of aliphatic hydroxyl groups is 1. The predicted molar refractivity (Wildman–Crippen MR) is 79.1 cm³/mol. The first-order chi connectivity index (χ1) is 10.0. The maximum Gasteiger partial charge on any atom is 0.263 e. The van der Waals surface area contributed by atoms with Crippen molar-refractivity contribution in [3.63, 3.8) is 0 Å². The van der Waals surface area contributed by atoms with E-state index in [0.717, 1.165) is 5.01 Å². The molecule has 1 aromatic heterocycles. The van der Waals surface area contributed by atoms with Gasteiger partial charge in [-0.05, 0) is 30.7 Å². The lowest BCUT2D eigenvalue weighted by Gasteiger charge is -2.07. The molecule has 0 radical (unpaired) electrons. The minimum atomic E-state index is -3.69. The molecule has 2 N–H and O–H groups in total. The molecular weight excluding hydrogens is 314 g/mol. The Kier molecular flexibility index (Phi) is 5.10. The minimum absolute atomic E-state index is 0.0988. The van der Waals surface area contributed by atoms with Crippen LogP contribution in [0.15, 0.2) is 29.2 Å². The van der Waals surface area contributed by atoms with E-state index in [0.29, 0.717) is 12.2 Å². The first-order valence-corrected chi connectivity index (χ1v) is 8.54. The second-order valence-electron chi connectivity index (χ2n) is 4.00. The van der Waals surface area contributed by atoms with E-state index in [9.17, 15) is 8.42 Å². The molecule has 0 aliphatic heterocycles. The Morgan fingerprint density at radius 2 is 2.00 bits per heavy atom. The van der Waals surface area contributed by atoms with Crippen molar-refractivity contribution in [1.82, 2.24) is 10.2 Å². The number of hydrogen-bond donors (Lipinski definition) is 2. The van der Waals surface area contributed by atoms with Gasteiger partial charge in [0.2, 0.25) is 5.13 Å². The first kappa shape index (κ1) is 15.7. The molecule has 0 aliphatic carbocycles. The summed E-state index contributed by atoms with van der Waals surface area (Å²) in [5.41, 5.74) is 0. The average molecular weight is 329 g/mol.